The van der Waals surface area contributed by atoms with Crippen molar-refractivity contribution in [3.05, 3.63) is 23.9 Å². The third kappa shape index (κ3) is 4.40. The van der Waals surface area contributed by atoms with Gasteiger partial charge in [0.1, 0.15) is 5.56 Å². The van der Waals surface area contributed by atoms with Crippen molar-refractivity contribution in [3.63, 3.8) is 0 Å². The van der Waals surface area contributed by atoms with E-state index in [0.717, 1.165) is 0 Å². The first-order valence-electron chi connectivity index (χ1n) is 5.04. The summed E-state index contributed by atoms with van der Waals surface area (Å²) in [5.74, 6) is -0.903. The summed E-state index contributed by atoms with van der Waals surface area (Å²) >= 11 is 4.92. The number of carbonyl (C=O) groups excluding carboxylic acids is 1. The van der Waals surface area contributed by atoms with Gasteiger partial charge in [-0.3, -0.25) is 5.43 Å². The van der Waals surface area contributed by atoms with E-state index < -0.39 is 17.3 Å². The van der Waals surface area contributed by atoms with Crippen LogP contribution in [0, 0.1) is 0 Å². The molecule has 5 nitrogen and oxygen atoms in total. The summed E-state index contributed by atoms with van der Waals surface area (Å²) in [6.07, 6.45) is -3.49. The molecule has 0 atom stereocenters. The molecule has 0 unspecified atom stereocenters. The van der Waals surface area contributed by atoms with Crippen molar-refractivity contribution in [2.45, 2.75) is 13.1 Å². The van der Waals surface area contributed by atoms with Crippen LogP contribution in [0.15, 0.2) is 23.4 Å². The predicted molar refractivity (Wildman–Crippen MR) is 63.2 cm³/mol. The van der Waals surface area contributed by atoms with Gasteiger partial charge in [0.15, 0.2) is 5.82 Å². The summed E-state index contributed by atoms with van der Waals surface area (Å²) in [7, 11) is 0. The summed E-state index contributed by atoms with van der Waals surface area (Å²) < 4.78 is 41.1. The van der Waals surface area contributed by atoms with Crippen molar-refractivity contribution < 1.29 is 22.7 Å². The van der Waals surface area contributed by atoms with Gasteiger partial charge in [0, 0.05) is 6.20 Å². The van der Waals surface area contributed by atoms with Crippen LogP contribution in [-0.4, -0.2) is 28.9 Å². The maximum atomic E-state index is 12.1. The van der Waals surface area contributed by atoms with E-state index >= 15 is 0 Å². The van der Waals surface area contributed by atoms with E-state index in [-0.39, 0.29) is 18.0 Å². The zero-order valence-corrected chi connectivity index (χ0v) is 10.4. The topological polar surface area (TPSA) is 63.6 Å². The van der Waals surface area contributed by atoms with Crippen molar-refractivity contribution in [1.29, 1.82) is 0 Å². The highest BCUT2D eigenvalue weighted by Crippen LogP contribution is 2.20. The fraction of sp³-hybridized carbons (Fsp3) is 0.300. The van der Waals surface area contributed by atoms with Gasteiger partial charge in [-0.2, -0.15) is 18.3 Å². The summed E-state index contributed by atoms with van der Waals surface area (Å²) in [5, 5.41) is 1.30. The number of pyridine rings is 1. The number of ether oxygens (including phenoxy) is 1. The molecule has 1 N–H and O–H groups in total. The van der Waals surface area contributed by atoms with Gasteiger partial charge in [-0.25, -0.2) is 9.78 Å². The molecule has 0 aliphatic carbocycles. The number of halogens is 4. The normalized spacial score (nSPS) is 12.2. The minimum absolute atomic E-state index is 0.0419. The Morgan fingerprint density at radius 1 is 1.58 bits per heavy atom. The second-order valence-corrected chi connectivity index (χ2v) is 3.49. The van der Waals surface area contributed by atoms with Gasteiger partial charge in [0.2, 0.25) is 5.17 Å². The van der Waals surface area contributed by atoms with Crippen LogP contribution in [-0.2, 0) is 4.74 Å². The van der Waals surface area contributed by atoms with Crippen LogP contribution >= 0.6 is 11.6 Å². The van der Waals surface area contributed by atoms with Crippen molar-refractivity contribution >= 4 is 28.6 Å². The van der Waals surface area contributed by atoms with Crippen LogP contribution in [0.25, 0.3) is 0 Å². The number of rotatable bonds is 4. The molecule has 0 saturated carbocycles. The van der Waals surface area contributed by atoms with Gasteiger partial charge in [-0.1, -0.05) is 11.6 Å². The Hall–Kier alpha value is -1.83. The maximum absolute atomic E-state index is 12.1. The number of alkyl halides is 3. The molecule has 0 saturated heterocycles. The Labute approximate surface area is 111 Å². The zero-order chi connectivity index (χ0) is 14.5. The average Bonchev–Trinajstić information content (AvgIpc) is 2.35. The molecule has 0 amide bonds. The lowest BCUT2D eigenvalue weighted by Gasteiger charge is -2.08. The molecule has 9 heteroatoms. The number of aromatic nitrogens is 1. The molecule has 0 aliphatic heterocycles. The predicted octanol–water partition coefficient (Wildman–Crippen LogP) is 2.78. The van der Waals surface area contributed by atoms with E-state index in [4.69, 9.17) is 16.3 Å². The summed E-state index contributed by atoms with van der Waals surface area (Å²) in [4.78, 5) is 15.2. The lowest BCUT2D eigenvalue weighted by Crippen LogP contribution is -2.19. The molecule has 1 heterocycles. The number of hydrazone groups is 1. The lowest BCUT2D eigenvalue weighted by molar-refractivity contribution is -0.0559. The second-order valence-electron chi connectivity index (χ2n) is 3.13. The van der Waals surface area contributed by atoms with Crippen LogP contribution in [0.2, 0.25) is 0 Å². The van der Waals surface area contributed by atoms with E-state index in [1.54, 1.807) is 6.92 Å². The minimum atomic E-state index is -4.77. The van der Waals surface area contributed by atoms with E-state index in [0.29, 0.717) is 0 Å². The monoisotopic (exact) mass is 295 g/mol. The van der Waals surface area contributed by atoms with Crippen LogP contribution in [0.1, 0.15) is 17.3 Å². The standard InChI is InChI=1S/C10H9ClF3N3O2/c1-2-19-8(18)6-4-3-5-15-7(6)16-17-9(11)10(12,13)14/h3-5H,2H2,1H3,(H,15,16). The summed E-state index contributed by atoms with van der Waals surface area (Å²) in [5.41, 5.74) is 1.94. The van der Waals surface area contributed by atoms with Gasteiger partial charge < -0.3 is 4.74 Å². The van der Waals surface area contributed by atoms with Crippen molar-refractivity contribution in [3.8, 4) is 0 Å². The van der Waals surface area contributed by atoms with Gasteiger partial charge in [-0.15, -0.1) is 0 Å². The van der Waals surface area contributed by atoms with Crippen molar-refractivity contribution in [2.24, 2.45) is 5.10 Å². The van der Waals surface area contributed by atoms with Gasteiger partial charge in [0.05, 0.1) is 6.61 Å². The van der Waals surface area contributed by atoms with E-state index in [2.05, 4.69) is 10.1 Å². The van der Waals surface area contributed by atoms with Crippen LogP contribution in [0.4, 0.5) is 19.0 Å². The molecular weight excluding hydrogens is 287 g/mol. The Balaban J connectivity index is 2.93. The molecule has 0 spiro atoms. The van der Waals surface area contributed by atoms with Gasteiger partial charge in [0.25, 0.3) is 0 Å². The number of anilines is 1. The molecule has 19 heavy (non-hydrogen) atoms. The number of nitrogens with zero attached hydrogens (tertiary/aromatic N) is 2. The highest BCUT2D eigenvalue weighted by Gasteiger charge is 2.34. The summed E-state index contributed by atoms with van der Waals surface area (Å²) in [6.45, 7) is 1.72. The van der Waals surface area contributed by atoms with Crippen molar-refractivity contribution in [2.75, 3.05) is 12.0 Å². The smallest absolute Gasteiger partial charge is 0.446 e. The molecular formula is C10H9ClF3N3O2. The second kappa shape index (κ2) is 6.37. The number of esters is 1. The molecule has 0 aromatic carbocycles. The minimum Gasteiger partial charge on any atom is -0.462 e. The first kappa shape index (κ1) is 15.2. The van der Waals surface area contributed by atoms with E-state index in [1.807, 2.05) is 5.43 Å². The van der Waals surface area contributed by atoms with Crippen LogP contribution in [0.3, 0.4) is 0 Å². The largest absolute Gasteiger partial charge is 0.462 e. The molecule has 0 bridgehead atoms. The van der Waals surface area contributed by atoms with Crippen LogP contribution in [0.5, 0.6) is 0 Å². The van der Waals surface area contributed by atoms with E-state index in [9.17, 15) is 18.0 Å². The molecule has 1 rings (SSSR count). The highest BCUT2D eigenvalue weighted by atomic mass is 35.5. The number of hydrogen-bond acceptors (Lipinski definition) is 5. The molecule has 0 radical (unpaired) electrons. The maximum Gasteiger partial charge on any atom is 0.446 e. The fourth-order valence-corrected chi connectivity index (χ4v) is 1.08. The Kier molecular flexibility index (Phi) is 5.11. The quantitative estimate of drug-likeness (QED) is 0.527. The first-order chi connectivity index (χ1) is 8.86. The van der Waals surface area contributed by atoms with E-state index in [1.165, 1.54) is 18.3 Å². The Morgan fingerprint density at radius 2 is 2.26 bits per heavy atom. The third-order valence-corrected chi connectivity index (χ3v) is 2.10. The molecule has 1 aromatic heterocycles. The fourth-order valence-electron chi connectivity index (χ4n) is 1.03. The molecule has 104 valence electrons. The van der Waals surface area contributed by atoms with Gasteiger partial charge in [-0.05, 0) is 19.1 Å². The van der Waals surface area contributed by atoms with Crippen LogP contribution < -0.4 is 5.43 Å². The number of carbonyl (C=O) groups is 1. The van der Waals surface area contributed by atoms with Gasteiger partial charge >= 0.3 is 12.1 Å². The Morgan fingerprint density at radius 3 is 2.84 bits per heavy atom. The third-order valence-electron chi connectivity index (χ3n) is 1.80. The summed E-state index contributed by atoms with van der Waals surface area (Å²) in [6, 6.07) is 2.77. The van der Waals surface area contributed by atoms with Crippen molar-refractivity contribution in [1.82, 2.24) is 4.98 Å². The first-order valence-corrected chi connectivity index (χ1v) is 5.42. The SMILES string of the molecule is CCOC(=O)c1cccnc1NN=C(Cl)C(F)(F)F. The lowest BCUT2D eigenvalue weighted by atomic mass is 10.2. The molecule has 0 fully saturated rings. The number of nitrogens with one attached hydrogen (secondary N) is 1. The molecule has 0 aliphatic rings. The highest BCUT2D eigenvalue weighted by molar-refractivity contribution is 6.66. The Bertz CT molecular complexity index is 491. The molecule has 1 aromatic rings. The average molecular weight is 296 g/mol. The number of hydrogen-bond donors (Lipinski definition) is 1. The zero-order valence-electron chi connectivity index (χ0n) is 9.66.